The molecule has 1 unspecified atom stereocenters. The van der Waals surface area contributed by atoms with Crippen LogP contribution in [0.5, 0.6) is 0 Å². The third-order valence-corrected chi connectivity index (χ3v) is 3.88. The third kappa shape index (κ3) is 4.29. The lowest BCUT2D eigenvalue weighted by molar-refractivity contribution is -0.144. The van der Waals surface area contributed by atoms with Gasteiger partial charge in [-0.2, -0.15) is 0 Å². The Balaban J connectivity index is 1.93. The van der Waals surface area contributed by atoms with Crippen molar-refractivity contribution in [2.24, 2.45) is 0 Å². The second-order valence-corrected chi connectivity index (χ2v) is 5.65. The predicted octanol–water partition coefficient (Wildman–Crippen LogP) is 1.58. The number of carbonyl (C=O) groups is 2. The highest BCUT2D eigenvalue weighted by atomic mass is 16.4. The van der Waals surface area contributed by atoms with E-state index >= 15 is 0 Å². The normalized spacial score (nSPS) is 15.8. The van der Waals surface area contributed by atoms with Crippen molar-refractivity contribution in [3.8, 4) is 0 Å². The zero-order valence-electron chi connectivity index (χ0n) is 12.5. The molecule has 1 aromatic rings. The van der Waals surface area contributed by atoms with E-state index in [1.807, 2.05) is 30.3 Å². The van der Waals surface area contributed by atoms with Gasteiger partial charge in [0.15, 0.2) is 0 Å². The van der Waals surface area contributed by atoms with Crippen molar-refractivity contribution >= 4 is 11.9 Å². The Kier molecular flexibility index (Phi) is 4.96. The highest BCUT2D eigenvalue weighted by Crippen LogP contribution is 2.28. The second-order valence-electron chi connectivity index (χ2n) is 5.65. The molecule has 5 nitrogen and oxygen atoms in total. The number of likely N-dealkylation sites (N-methyl/N-ethyl adjacent to an activating group) is 1. The fourth-order valence-electron chi connectivity index (χ4n) is 2.35. The molecule has 1 fully saturated rings. The SMILES string of the molecule is CC(C(=O)O)N(CC(=O)N(C)Cc1ccccc1)C1CC1. The number of amides is 1. The zero-order chi connectivity index (χ0) is 15.4. The van der Waals surface area contributed by atoms with Crippen LogP contribution in [0, 0.1) is 0 Å². The van der Waals surface area contributed by atoms with Crippen LogP contribution in [0.25, 0.3) is 0 Å². The Morgan fingerprint density at radius 3 is 2.43 bits per heavy atom. The lowest BCUT2D eigenvalue weighted by Crippen LogP contribution is -2.46. The van der Waals surface area contributed by atoms with Gasteiger partial charge >= 0.3 is 5.97 Å². The average molecular weight is 290 g/mol. The quantitative estimate of drug-likeness (QED) is 0.828. The summed E-state index contributed by atoms with van der Waals surface area (Å²) >= 11 is 0. The summed E-state index contributed by atoms with van der Waals surface area (Å²) in [6.45, 7) is 2.35. The number of carboxylic acids is 1. The van der Waals surface area contributed by atoms with E-state index in [1.54, 1.807) is 23.8 Å². The van der Waals surface area contributed by atoms with Gasteiger partial charge in [-0.3, -0.25) is 14.5 Å². The highest BCUT2D eigenvalue weighted by molar-refractivity contribution is 5.80. The van der Waals surface area contributed by atoms with Gasteiger partial charge in [-0.25, -0.2) is 0 Å². The molecule has 2 rings (SSSR count). The fourth-order valence-corrected chi connectivity index (χ4v) is 2.35. The van der Waals surface area contributed by atoms with Gasteiger partial charge in [-0.05, 0) is 25.3 Å². The van der Waals surface area contributed by atoms with Gasteiger partial charge in [0.2, 0.25) is 5.91 Å². The van der Waals surface area contributed by atoms with Crippen LogP contribution >= 0.6 is 0 Å². The number of aliphatic carboxylic acids is 1. The van der Waals surface area contributed by atoms with Crippen LogP contribution in [0.15, 0.2) is 30.3 Å². The molecule has 0 saturated heterocycles. The maximum absolute atomic E-state index is 12.3. The molecule has 114 valence electrons. The molecular weight excluding hydrogens is 268 g/mol. The lowest BCUT2D eigenvalue weighted by Gasteiger charge is -2.28. The van der Waals surface area contributed by atoms with Crippen LogP contribution in [-0.4, -0.2) is 52.5 Å². The molecule has 0 spiro atoms. The molecule has 1 amide bonds. The van der Waals surface area contributed by atoms with E-state index in [1.165, 1.54) is 0 Å². The number of hydrogen-bond acceptors (Lipinski definition) is 3. The average Bonchev–Trinajstić information content (AvgIpc) is 3.29. The summed E-state index contributed by atoms with van der Waals surface area (Å²) < 4.78 is 0. The molecule has 21 heavy (non-hydrogen) atoms. The standard InChI is InChI=1S/C16H22N2O3/c1-12(16(20)21)18(14-8-9-14)11-15(19)17(2)10-13-6-4-3-5-7-13/h3-7,12,14H,8-11H2,1-2H3,(H,20,21). The van der Waals surface area contributed by atoms with Gasteiger partial charge in [-0.15, -0.1) is 0 Å². The fraction of sp³-hybridized carbons (Fsp3) is 0.500. The van der Waals surface area contributed by atoms with Crippen molar-refractivity contribution in [2.45, 2.75) is 38.4 Å². The molecule has 1 aliphatic rings. The monoisotopic (exact) mass is 290 g/mol. The van der Waals surface area contributed by atoms with E-state index in [-0.39, 0.29) is 18.5 Å². The summed E-state index contributed by atoms with van der Waals surface area (Å²) in [5.41, 5.74) is 1.07. The van der Waals surface area contributed by atoms with E-state index in [9.17, 15) is 9.59 Å². The van der Waals surface area contributed by atoms with Crippen molar-refractivity contribution in [3.05, 3.63) is 35.9 Å². The van der Waals surface area contributed by atoms with Crippen LogP contribution in [0.1, 0.15) is 25.3 Å². The van der Waals surface area contributed by atoms with Gasteiger partial charge in [0.25, 0.3) is 0 Å². The molecule has 5 heteroatoms. The van der Waals surface area contributed by atoms with E-state index in [2.05, 4.69) is 0 Å². The number of rotatable bonds is 7. The molecule has 1 aliphatic carbocycles. The van der Waals surface area contributed by atoms with Crippen molar-refractivity contribution in [3.63, 3.8) is 0 Å². The Labute approximate surface area is 125 Å². The Morgan fingerprint density at radius 1 is 1.29 bits per heavy atom. The summed E-state index contributed by atoms with van der Waals surface area (Å²) in [6, 6.07) is 9.39. The van der Waals surface area contributed by atoms with Crippen LogP contribution in [0.3, 0.4) is 0 Å². The van der Waals surface area contributed by atoms with E-state index in [0.29, 0.717) is 6.54 Å². The molecule has 1 N–H and O–H groups in total. The minimum absolute atomic E-state index is 0.0427. The Bertz CT molecular complexity index is 500. The van der Waals surface area contributed by atoms with Crippen molar-refractivity contribution in [1.82, 2.24) is 9.80 Å². The van der Waals surface area contributed by atoms with Gasteiger partial charge in [0.1, 0.15) is 6.04 Å². The lowest BCUT2D eigenvalue weighted by atomic mass is 10.2. The van der Waals surface area contributed by atoms with E-state index in [4.69, 9.17) is 5.11 Å². The smallest absolute Gasteiger partial charge is 0.320 e. The van der Waals surface area contributed by atoms with Crippen LogP contribution < -0.4 is 0 Å². The number of nitrogens with zero attached hydrogens (tertiary/aromatic N) is 2. The van der Waals surface area contributed by atoms with Crippen molar-refractivity contribution in [1.29, 1.82) is 0 Å². The topological polar surface area (TPSA) is 60.9 Å². The molecule has 0 bridgehead atoms. The number of carboxylic acid groups (broad SMARTS) is 1. The van der Waals surface area contributed by atoms with Gasteiger partial charge in [0.05, 0.1) is 6.54 Å². The first-order valence-electron chi connectivity index (χ1n) is 7.25. The number of benzene rings is 1. The largest absolute Gasteiger partial charge is 0.480 e. The number of carbonyl (C=O) groups excluding carboxylic acids is 1. The molecular formula is C16H22N2O3. The molecule has 0 radical (unpaired) electrons. The predicted molar refractivity (Wildman–Crippen MR) is 79.7 cm³/mol. The summed E-state index contributed by atoms with van der Waals surface area (Å²) in [6.07, 6.45) is 1.96. The maximum Gasteiger partial charge on any atom is 0.320 e. The highest BCUT2D eigenvalue weighted by Gasteiger charge is 2.36. The summed E-state index contributed by atoms with van der Waals surface area (Å²) in [5, 5.41) is 9.15. The molecule has 0 aliphatic heterocycles. The zero-order valence-corrected chi connectivity index (χ0v) is 12.5. The summed E-state index contributed by atoms with van der Waals surface area (Å²) in [5.74, 6) is -0.917. The van der Waals surface area contributed by atoms with Crippen LogP contribution in [0.4, 0.5) is 0 Å². The first kappa shape index (κ1) is 15.5. The first-order chi connectivity index (χ1) is 9.99. The number of hydrogen-bond donors (Lipinski definition) is 1. The molecule has 0 aromatic heterocycles. The van der Waals surface area contributed by atoms with Crippen molar-refractivity contribution < 1.29 is 14.7 Å². The second kappa shape index (κ2) is 6.72. The van der Waals surface area contributed by atoms with Crippen LogP contribution in [0.2, 0.25) is 0 Å². The van der Waals surface area contributed by atoms with Crippen molar-refractivity contribution in [2.75, 3.05) is 13.6 Å². The summed E-state index contributed by atoms with van der Waals surface area (Å²) in [7, 11) is 1.76. The first-order valence-corrected chi connectivity index (χ1v) is 7.25. The van der Waals surface area contributed by atoms with Gasteiger partial charge in [-0.1, -0.05) is 30.3 Å². The van der Waals surface area contributed by atoms with E-state index < -0.39 is 12.0 Å². The minimum atomic E-state index is -0.875. The Hall–Kier alpha value is -1.88. The molecule has 1 saturated carbocycles. The van der Waals surface area contributed by atoms with Gasteiger partial charge in [0, 0.05) is 19.6 Å². The van der Waals surface area contributed by atoms with E-state index in [0.717, 1.165) is 18.4 Å². The molecule has 1 atom stereocenters. The Morgan fingerprint density at radius 2 is 1.90 bits per heavy atom. The minimum Gasteiger partial charge on any atom is -0.480 e. The van der Waals surface area contributed by atoms with Crippen LogP contribution in [-0.2, 0) is 16.1 Å². The summed E-state index contributed by atoms with van der Waals surface area (Å²) in [4.78, 5) is 26.9. The molecule has 0 heterocycles. The molecule has 1 aromatic carbocycles. The van der Waals surface area contributed by atoms with Gasteiger partial charge < -0.3 is 10.0 Å². The maximum atomic E-state index is 12.3. The third-order valence-electron chi connectivity index (χ3n) is 3.88.